The molecule has 0 heterocycles. The fourth-order valence-electron chi connectivity index (χ4n) is 2.50. The summed E-state index contributed by atoms with van der Waals surface area (Å²) in [5.41, 5.74) is 1.88. The summed E-state index contributed by atoms with van der Waals surface area (Å²) in [5.74, 6) is 0.852. The lowest BCUT2D eigenvalue weighted by Crippen LogP contribution is -2.32. The molecule has 0 spiro atoms. The van der Waals surface area contributed by atoms with Crippen molar-refractivity contribution in [3.8, 4) is 5.75 Å². The molecule has 2 N–H and O–H groups in total. The highest BCUT2D eigenvalue weighted by atomic mass is 35.5. The van der Waals surface area contributed by atoms with Crippen molar-refractivity contribution in [1.82, 2.24) is 5.32 Å². The van der Waals surface area contributed by atoms with Crippen molar-refractivity contribution in [2.24, 2.45) is 0 Å². The minimum atomic E-state index is 0.523. The van der Waals surface area contributed by atoms with E-state index in [0.29, 0.717) is 23.3 Å². The SMILES string of the molecule is Cc1c(Cl)cccc1NC(=S)NCCOc1ccc2ccccc2c1. The summed E-state index contributed by atoms with van der Waals surface area (Å²) < 4.78 is 5.79. The largest absolute Gasteiger partial charge is 0.492 e. The smallest absolute Gasteiger partial charge is 0.170 e. The molecule has 0 saturated carbocycles. The summed E-state index contributed by atoms with van der Waals surface area (Å²) >= 11 is 11.4. The number of hydrogen-bond acceptors (Lipinski definition) is 2. The van der Waals surface area contributed by atoms with E-state index in [4.69, 9.17) is 28.6 Å². The van der Waals surface area contributed by atoms with Gasteiger partial charge >= 0.3 is 0 Å². The van der Waals surface area contributed by atoms with Gasteiger partial charge in [0, 0.05) is 10.7 Å². The third-order valence-electron chi connectivity index (χ3n) is 3.89. The molecular weight excluding hydrogens is 352 g/mol. The molecule has 0 amide bonds. The number of ether oxygens (including phenoxy) is 1. The Bertz CT molecular complexity index is 898. The predicted octanol–water partition coefficient (Wildman–Crippen LogP) is 5.17. The van der Waals surface area contributed by atoms with Gasteiger partial charge in [0.1, 0.15) is 12.4 Å². The van der Waals surface area contributed by atoms with Gasteiger partial charge in [-0.15, -0.1) is 0 Å². The van der Waals surface area contributed by atoms with E-state index in [0.717, 1.165) is 17.0 Å². The van der Waals surface area contributed by atoms with Crippen LogP contribution < -0.4 is 15.4 Å². The second-order valence-corrected chi connectivity index (χ2v) is 6.47. The Morgan fingerprint density at radius 3 is 2.68 bits per heavy atom. The molecule has 25 heavy (non-hydrogen) atoms. The average molecular weight is 371 g/mol. The maximum absolute atomic E-state index is 6.11. The summed E-state index contributed by atoms with van der Waals surface area (Å²) in [4.78, 5) is 0. The van der Waals surface area contributed by atoms with Crippen molar-refractivity contribution in [1.29, 1.82) is 0 Å². The van der Waals surface area contributed by atoms with Crippen LogP contribution in [0.3, 0.4) is 0 Å². The van der Waals surface area contributed by atoms with E-state index in [1.807, 2.05) is 49.4 Å². The Hall–Kier alpha value is -2.30. The Balaban J connectivity index is 1.47. The van der Waals surface area contributed by atoms with Gasteiger partial charge in [0.25, 0.3) is 0 Å². The highest BCUT2D eigenvalue weighted by Gasteiger charge is 2.04. The molecule has 0 radical (unpaired) electrons. The lowest BCUT2D eigenvalue weighted by molar-refractivity contribution is 0.323. The van der Waals surface area contributed by atoms with Crippen LogP contribution in [0.2, 0.25) is 5.02 Å². The fraction of sp³-hybridized carbons (Fsp3) is 0.150. The van der Waals surface area contributed by atoms with Gasteiger partial charge in [0.15, 0.2) is 5.11 Å². The Labute approximate surface area is 158 Å². The third kappa shape index (κ3) is 4.62. The molecule has 0 aliphatic heterocycles. The van der Waals surface area contributed by atoms with Crippen molar-refractivity contribution in [3.63, 3.8) is 0 Å². The number of thiocarbonyl (C=S) groups is 1. The lowest BCUT2D eigenvalue weighted by atomic mass is 10.1. The number of anilines is 1. The maximum Gasteiger partial charge on any atom is 0.170 e. The van der Waals surface area contributed by atoms with Gasteiger partial charge in [-0.3, -0.25) is 0 Å². The van der Waals surface area contributed by atoms with Gasteiger partial charge in [-0.25, -0.2) is 0 Å². The summed E-state index contributed by atoms with van der Waals surface area (Å²) in [6.07, 6.45) is 0. The minimum absolute atomic E-state index is 0.523. The van der Waals surface area contributed by atoms with Crippen LogP contribution in [-0.4, -0.2) is 18.3 Å². The normalized spacial score (nSPS) is 10.5. The predicted molar refractivity (Wildman–Crippen MR) is 110 cm³/mol. The van der Waals surface area contributed by atoms with E-state index in [2.05, 4.69) is 28.8 Å². The molecule has 128 valence electrons. The molecule has 0 bridgehead atoms. The number of fused-ring (bicyclic) bond motifs is 1. The Morgan fingerprint density at radius 2 is 1.84 bits per heavy atom. The molecule has 0 aliphatic rings. The van der Waals surface area contributed by atoms with E-state index in [1.165, 1.54) is 10.8 Å². The molecular formula is C20H19ClN2OS. The second-order valence-electron chi connectivity index (χ2n) is 5.65. The molecule has 5 heteroatoms. The summed E-state index contributed by atoms with van der Waals surface area (Å²) in [7, 11) is 0. The summed E-state index contributed by atoms with van der Waals surface area (Å²) in [6, 6.07) is 20.0. The first-order valence-corrected chi connectivity index (χ1v) is 8.84. The average Bonchev–Trinajstić information content (AvgIpc) is 2.62. The first kappa shape index (κ1) is 17.5. The van der Waals surface area contributed by atoms with Crippen molar-refractivity contribution in [2.45, 2.75) is 6.92 Å². The topological polar surface area (TPSA) is 33.3 Å². The molecule has 0 aliphatic carbocycles. The lowest BCUT2D eigenvalue weighted by Gasteiger charge is -2.13. The van der Waals surface area contributed by atoms with Crippen LogP contribution in [-0.2, 0) is 0 Å². The van der Waals surface area contributed by atoms with Crippen molar-refractivity contribution < 1.29 is 4.74 Å². The van der Waals surface area contributed by atoms with Crippen LogP contribution >= 0.6 is 23.8 Å². The monoisotopic (exact) mass is 370 g/mol. The number of rotatable bonds is 5. The number of halogens is 1. The number of hydrogen-bond donors (Lipinski definition) is 2. The molecule has 0 saturated heterocycles. The minimum Gasteiger partial charge on any atom is -0.492 e. The van der Waals surface area contributed by atoms with E-state index < -0.39 is 0 Å². The fourth-order valence-corrected chi connectivity index (χ4v) is 2.89. The van der Waals surface area contributed by atoms with Gasteiger partial charge < -0.3 is 15.4 Å². The van der Waals surface area contributed by atoms with Gasteiger partial charge in [0.05, 0.1) is 6.54 Å². The molecule has 0 unspecified atom stereocenters. The first-order valence-electron chi connectivity index (χ1n) is 8.05. The van der Waals surface area contributed by atoms with Gasteiger partial charge in [-0.05, 0) is 59.7 Å². The maximum atomic E-state index is 6.11. The highest BCUT2D eigenvalue weighted by molar-refractivity contribution is 7.80. The molecule has 3 aromatic rings. The van der Waals surface area contributed by atoms with Gasteiger partial charge in [-0.1, -0.05) is 48.0 Å². The van der Waals surface area contributed by atoms with Crippen LogP contribution in [0.5, 0.6) is 5.75 Å². The molecule has 0 aromatic heterocycles. The quantitative estimate of drug-likeness (QED) is 0.479. The summed E-state index contributed by atoms with van der Waals surface area (Å²) in [6.45, 7) is 3.09. The van der Waals surface area contributed by atoms with Crippen molar-refractivity contribution in [2.75, 3.05) is 18.5 Å². The van der Waals surface area contributed by atoms with Crippen LogP contribution in [0.25, 0.3) is 10.8 Å². The first-order chi connectivity index (χ1) is 12.1. The van der Waals surface area contributed by atoms with E-state index >= 15 is 0 Å². The third-order valence-corrected chi connectivity index (χ3v) is 4.55. The van der Waals surface area contributed by atoms with Crippen LogP contribution in [0.15, 0.2) is 60.7 Å². The second kappa shape index (κ2) is 8.19. The Morgan fingerprint density at radius 1 is 1.04 bits per heavy atom. The standard InChI is InChI=1S/C20H19ClN2OS/c1-14-18(21)7-4-8-19(14)23-20(25)22-11-12-24-17-10-9-15-5-2-3-6-16(15)13-17/h2-10,13H,11-12H2,1H3,(H2,22,23,25). The van der Waals surface area contributed by atoms with Gasteiger partial charge in [0.2, 0.25) is 0 Å². The van der Waals surface area contributed by atoms with Crippen LogP contribution in [0.4, 0.5) is 5.69 Å². The summed E-state index contributed by atoms with van der Waals surface area (Å²) in [5, 5.41) is 9.93. The van der Waals surface area contributed by atoms with Crippen LogP contribution in [0, 0.1) is 6.92 Å². The van der Waals surface area contributed by atoms with Crippen molar-refractivity contribution in [3.05, 3.63) is 71.2 Å². The van der Waals surface area contributed by atoms with Crippen LogP contribution in [0.1, 0.15) is 5.56 Å². The van der Waals surface area contributed by atoms with E-state index in [-0.39, 0.29) is 0 Å². The molecule has 3 aromatic carbocycles. The van der Waals surface area contributed by atoms with E-state index in [9.17, 15) is 0 Å². The molecule has 3 rings (SSSR count). The van der Waals surface area contributed by atoms with E-state index in [1.54, 1.807) is 0 Å². The zero-order chi connectivity index (χ0) is 17.6. The number of nitrogens with one attached hydrogen (secondary N) is 2. The van der Waals surface area contributed by atoms with Crippen molar-refractivity contribution >= 4 is 45.4 Å². The molecule has 0 fully saturated rings. The number of benzene rings is 3. The van der Waals surface area contributed by atoms with Gasteiger partial charge in [-0.2, -0.15) is 0 Å². The Kier molecular flexibility index (Phi) is 5.74. The molecule has 3 nitrogen and oxygen atoms in total. The highest BCUT2D eigenvalue weighted by Crippen LogP contribution is 2.23. The zero-order valence-corrected chi connectivity index (χ0v) is 15.5. The zero-order valence-electron chi connectivity index (χ0n) is 13.9. The molecule has 0 atom stereocenters.